The lowest BCUT2D eigenvalue weighted by molar-refractivity contribution is -0.186. The lowest BCUT2D eigenvalue weighted by Gasteiger charge is -2.38. The largest absolute Gasteiger partial charge is 0.470 e. The molecule has 1 saturated heterocycles. The van der Waals surface area contributed by atoms with Crippen LogP contribution >= 0.6 is 11.7 Å². The number of ether oxygens (including phenoxy) is 12. The molecule has 71 heavy (non-hydrogen) atoms. The number of morpholine rings is 1. The molecule has 28 heteroatoms. The molecule has 0 spiro atoms. The number of hydrogen-bond donors (Lipinski definition) is 0. The van der Waals surface area contributed by atoms with Gasteiger partial charge in [0, 0.05) is 32.5 Å². The molecule has 0 aromatic carbocycles. The van der Waals surface area contributed by atoms with Crippen LogP contribution in [0.1, 0.15) is 90.0 Å². The first kappa shape index (κ1) is 60.4. The summed E-state index contributed by atoms with van der Waals surface area (Å²) < 4.78 is 70.3. The number of amides is 1. The average molecular weight is 1040 g/mol. The Kier molecular flexibility index (Phi) is 24.0. The van der Waals surface area contributed by atoms with E-state index in [0.29, 0.717) is 32.1 Å². The van der Waals surface area contributed by atoms with Gasteiger partial charge in [-0.05, 0) is 76.2 Å². The highest BCUT2D eigenvalue weighted by Gasteiger charge is 2.36. The molecule has 1 aliphatic heterocycles. The number of rotatable bonds is 25. The first-order chi connectivity index (χ1) is 33.0. The lowest BCUT2D eigenvalue weighted by atomic mass is 10.1. The Labute approximate surface area is 412 Å². The number of nitrogens with zero attached hydrogens (tertiary/aromatic N) is 4. The Morgan fingerprint density at radius 3 is 1.27 bits per heavy atom. The van der Waals surface area contributed by atoms with Crippen LogP contribution in [0.15, 0.2) is 0 Å². The van der Waals surface area contributed by atoms with Crippen LogP contribution < -0.4 is 9.64 Å². The van der Waals surface area contributed by atoms with Crippen molar-refractivity contribution in [1.29, 1.82) is 0 Å². The molecule has 8 unspecified atom stereocenters. The summed E-state index contributed by atoms with van der Waals surface area (Å²) in [5.74, 6) is -11.0. The zero-order valence-electron chi connectivity index (χ0n) is 41.7. The van der Waals surface area contributed by atoms with Crippen LogP contribution in [0.25, 0.3) is 0 Å². The molecule has 0 saturated carbocycles. The van der Waals surface area contributed by atoms with Gasteiger partial charge in [-0.15, -0.1) is 4.37 Å². The standard InChI is InChI=1S/C43H62N4O23S/c1-21(64-38(54)24(4)67-39(55)25(5)65-36(52)22(2)62-29(9)48)35(51)61-20-32(50)47(43(11,12)13)18-31(19-60-34-33(44-71-45-34)46-14-16-59-17-15-46)70-42(58)28(8)69-41(57)27(7)68-40(56)26(6)66-37(53)23(3)63-30(10)49/h21-28,31H,14-20H2,1-13H3/t21?,22?,23?,24?,25?,26?,27?,28?,31-/m0/s1. The number of carbonyl (C=O) groups excluding carboxylic acids is 11. The second-order valence-electron chi connectivity index (χ2n) is 16.6. The van der Waals surface area contributed by atoms with Crippen LogP contribution in [0.4, 0.5) is 5.82 Å². The van der Waals surface area contributed by atoms with E-state index in [1.54, 1.807) is 20.8 Å². The van der Waals surface area contributed by atoms with Crippen LogP contribution in [0, 0.1) is 0 Å². The quantitative estimate of drug-likeness (QED) is 0.0940. The molecule has 2 rings (SSSR count). The summed E-state index contributed by atoms with van der Waals surface area (Å²) in [4.78, 5) is 140. The van der Waals surface area contributed by atoms with E-state index in [2.05, 4.69) is 8.75 Å². The van der Waals surface area contributed by atoms with Crippen molar-refractivity contribution in [3.8, 4) is 5.88 Å². The molecule has 27 nitrogen and oxygen atoms in total. The summed E-state index contributed by atoms with van der Waals surface area (Å²) >= 11 is 0.853. The number of carbonyl (C=O) groups is 11. The first-order valence-electron chi connectivity index (χ1n) is 22.0. The Bertz CT molecular complexity index is 2070. The third-order valence-electron chi connectivity index (χ3n) is 9.38. The van der Waals surface area contributed by atoms with E-state index in [1.165, 1.54) is 18.7 Å². The molecule has 0 bridgehead atoms. The fourth-order valence-corrected chi connectivity index (χ4v) is 6.10. The molecule has 1 aliphatic rings. The summed E-state index contributed by atoms with van der Waals surface area (Å²) in [6, 6.07) is 0. The molecule has 1 aromatic rings. The minimum absolute atomic E-state index is 0.0767. The molecule has 398 valence electrons. The van der Waals surface area contributed by atoms with Gasteiger partial charge in [-0.1, -0.05) is 0 Å². The monoisotopic (exact) mass is 1030 g/mol. The topological polar surface area (TPSA) is 331 Å². The highest BCUT2D eigenvalue weighted by Crippen LogP contribution is 2.27. The van der Waals surface area contributed by atoms with Gasteiger partial charge >= 0.3 is 59.7 Å². The minimum Gasteiger partial charge on any atom is -0.470 e. The van der Waals surface area contributed by atoms with E-state index >= 15 is 0 Å². The molecular weight excluding hydrogens is 973 g/mol. The van der Waals surface area contributed by atoms with E-state index < -0.39 is 146 Å². The minimum atomic E-state index is -1.64. The summed E-state index contributed by atoms with van der Waals surface area (Å²) in [6.45, 7) is 16.3. The van der Waals surface area contributed by atoms with Crippen molar-refractivity contribution in [2.75, 3.05) is 51.0 Å². The van der Waals surface area contributed by atoms with Crippen molar-refractivity contribution in [2.45, 2.75) is 150 Å². The van der Waals surface area contributed by atoms with Crippen LogP contribution in [-0.4, -0.2) is 186 Å². The smallest absolute Gasteiger partial charge is 0.347 e. The van der Waals surface area contributed by atoms with E-state index in [0.717, 1.165) is 67.1 Å². The van der Waals surface area contributed by atoms with E-state index in [-0.39, 0.29) is 5.88 Å². The second kappa shape index (κ2) is 28.2. The Hall–Kier alpha value is -6.71. The van der Waals surface area contributed by atoms with Crippen LogP contribution in [0.3, 0.4) is 0 Å². The predicted octanol–water partition coefficient (Wildman–Crippen LogP) is 0.329. The zero-order valence-corrected chi connectivity index (χ0v) is 42.5. The molecule has 9 atom stereocenters. The molecule has 0 aliphatic carbocycles. The third kappa shape index (κ3) is 20.7. The SMILES string of the molecule is CC(=O)OC(C)C(=O)OC(C)C(=O)OC(C)C(=O)OC(C)C(=O)OCC(=O)N(C[C@@H](COc1nsnc1N1CCOCC1)OC(=O)C(C)OC(=O)C(C)OC(=O)C(C)OC(=O)C(C)OC(C)=O)C(C)(C)C. The maximum absolute atomic E-state index is 13.8. The number of aromatic nitrogens is 2. The van der Waals surface area contributed by atoms with Gasteiger partial charge in [0.1, 0.15) is 6.61 Å². The fraction of sp³-hybridized carbons (Fsp3) is 0.698. The van der Waals surface area contributed by atoms with Gasteiger partial charge in [-0.2, -0.15) is 4.37 Å². The van der Waals surface area contributed by atoms with E-state index in [4.69, 9.17) is 56.8 Å². The number of anilines is 1. The van der Waals surface area contributed by atoms with Gasteiger partial charge in [0.2, 0.25) is 5.82 Å². The molecular formula is C43H62N4O23S. The van der Waals surface area contributed by atoms with Crippen molar-refractivity contribution in [3.63, 3.8) is 0 Å². The molecule has 0 radical (unpaired) electrons. The van der Waals surface area contributed by atoms with Crippen LogP contribution in [-0.2, 0) is 105 Å². The Morgan fingerprint density at radius 2 is 0.901 bits per heavy atom. The van der Waals surface area contributed by atoms with Gasteiger partial charge in [0.15, 0.2) is 61.5 Å². The van der Waals surface area contributed by atoms with Crippen LogP contribution in [0.5, 0.6) is 5.88 Å². The fourth-order valence-electron chi connectivity index (χ4n) is 5.58. The number of esters is 10. The van der Waals surface area contributed by atoms with Crippen LogP contribution in [0.2, 0.25) is 0 Å². The summed E-state index contributed by atoms with van der Waals surface area (Å²) in [6.07, 6.45) is -13.6. The van der Waals surface area contributed by atoms with Crippen molar-refractivity contribution in [3.05, 3.63) is 0 Å². The lowest BCUT2D eigenvalue weighted by Crippen LogP contribution is -2.53. The van der Waals surface area contributed by atoms with Gasteiger partial charge in [0.05, 0.1) is 31.5 Å². The highest BCUT2D eigenvalue weighted by molar-refractivity contribution is 6.99. The van der Waals surface area contributed by atoms with Crippen molar-refractivity contribution in [1.82, 2.24) is 13.6 Å². The van der Waals surface area contributed by atoms with Gasteiger partial charge in [0.25, 0.3) is 11.8 Å². The van der Waals surface area contributed by atoms with Crippen molar-refractivity contribution >= 4 is 83.1 Å². The predicted molar refractivity (Wildman–Crippen MR) is 237 cm³/mol. The molecule has 2 heterocycles. The molecule has 1 amide bonds. The normalized spacial score (nSPS) is 16.2. The Balaban J connectivity index is 2.15. The molecule has 0 N–H and O–H groups in total. The second-order valence-corrected chi connectivity index (χ2v) is 17.2. The number of hydrogen-bond acceptors (Lipinski definition) is 27. The van der Waals surface area contributed by atoms with E-state index in [1.807, 2.05) is 4.90 Å². The summed E-state index contributed by atoms with van der Waals surface area (Å²) in [5.41, 5.74) is -1.06. The zero-order chi connectivity index (χ0) is 53.9. The van der Waals surface area contributed by atoms with Gasteiger partial charge in [-0.25, -0.2) is 38.4 Å². The summed E-state index contributed by atoms with van der Waals surface area (Å²) in [7, 11) is 0. The van der Waals surface area contributed by atoms with E-state index in [9.17, 15) is 52.7 Å². The third-order valence-corrected chi connectivity index (χ3v) is 9.88. The maximum Gasteiger partial charge on any atom is 0.347 e. The first-order valence-corrected chi connectivity index (χ1v) is 22.8. The maximum atomic E-state index is 13.8. The Morgan fingerprint density at radius 1 is 0.549 bits per heavy atom. The van der Waals surface area contributed by atoms with Crippen molar-refractivity contribution < 1.29 is 110 Å². The molecule has 1 aromatic heterocycles. The highest BCUT2D eigenvalue weighted by atomic mass is 32.1. The summed E-state index contributed by atoms with van der Waals surface area (Å²) in [5, 5.41) is 0. The molecule has 1 fully saturated rings. The van der Waals surface area contributed by atoms with Gasteiger partial charge < -0.3 is 66.6 Å². The average Bonchev–Trinajstić information content (AvgIpc) is 3.76. The van der Waals surface area contributed by atoms with Crippen molar-refractivity contribution in [2.24, 2.45) is 0 Å². The van der Waals surface area contributed by atoms with Gasteiger partial charge in [-0.3, -0.25) is 14.4 Å².